The fourth-order valence-electron chi connectivity index (χ4n) is 5.93. The van der Waals surface area contributed by atoms with Crippen LogP contribution in [0.15, 0.2) is 30.3 Å². The van der Waals surface area contributed by atoms with E-state index in [-0.39, 0.29) is 29.6 Å². The highest BCUT2D eigenvalue weighted by Crippen LogP contribution is 2.37. The maximum Gasteiger partial charge on any atom is 0.317 e. The molecule has 6 nitrogen and oxygen atoms in total. The molecule has 1 spiro atoms. The summed E-state index contributed by atoms with van der Waals surface area (Å²) in [5, 5.41) is 6.34. The Kier molecular flexibility index (Phi) is 7.71. The number of hydrogen-bond acceptors (Lipinski definition) is 3. The summed E-state index contributed by atoms with van der Waals surface area (Å²) >= 11 is 0. The third-order valence-electron chi connectivity index (χ3n) is 7.67. The van der Waals surface area contributed by atoms with Crippen LogP contribution in [0.1, 0.15) is 82.6 Å². The van der Waals surface area contributed by atoms with Gasteiger partial charge in [-0.2, -0.15) is 0 Å². The molecule has 2 aliphatic heterocycles. The first-order chi connectivity index (χ1) is 15.6. The van der Waals surface area contributed by atoms with Crippen molar-refractivity contribution >= 4 is 11.9 Å². The lowest BCUT2D eigenvalue weighted by atomic mass is 9.75. The summed E-state index contributed by atoms with van der Waals surface area (Å²) in [5.74, 6) is 0.728. The molecule has 0 aromatic heterocycles. The number of ether oxygens (including phenoxy) is 1. The van der Waals surface area contributed by atoms with E-state index in [0.717, 1.165) is 64.3 Å². The smallest absolute Gasteiger partial charge is 0.317 e. The molecule has 4 rings (SSSR count). The van der Waals surface area contributed by atoms with Crippen molar-refractivity contribution in [1.29, 1.82) is 0 Å². The first-order valence-corrected chi connectivity index (χ1v) is 12.6. The fourth-order valence-corrected chi connectivity index (χ4v) is 5.93. The summed E-state index contributed by atoms with van der Waals surface area (Å²) < 4.78 is 6.48. The van der Waals surface area contributed by atoms with Crippen molar-refractivity contribution < 1.29 is 14.3 Å². The van der Waals surface area contributed by atoms with Crippen molar-refractivity contribution in [2.45, 2.75) is 94.7 Å². The Morgan fingerprint density at radius 2 is 1.91 bits per heavy atom. The van der Waals surface area contributed by atoms with Crippen LogP contribution >= 0.6 is 0 Å². The monoisotopic (exact) mass is 441 g/mol. The van der Waals surface area contributed by atoms with Crippen molar-refractivity contribution in [2.24, 2.45) is 0 Å². The lowest BCUT2D eigenvalue weighted by molar-refractivity contribution is -0.129. The number of benzene rings is 1. The zero-order valence-corrected chi connectivity index (χ0v) is 19.5. The number of rotatable bonds is 6. The third-order valence-corrected chi connectivity index (χ3v) is 7.67. The van der Waals surface area contributed by atoms with Gasteiger partial charge >= 0.3 is 6.03 Å². The van der Waals surface area contributed by atoms with E-state index in [0.29, 0.717) is 25.5 Å². The molecule has 176 valence electrons. The quantitative estimate of drug-likeness (QED) is 0.689. The minimum atomic E-state index is -0.349. The van der Waals surface area contributed by atoms with Gasteiger partial charge in [0.15, 0.2) is 0 Å². The summed E-state index contributed by atoms with van der Waals surface area (Å²) in [6.45, 7) is 3.96. The molecule has 3 aliphatic rings. The molecule has 2 N–H and O–H groups in total. The van der Waals surface area contributed by atoms with Crippen molar-refractivity contribution in [2.75, 3.05) is 19.7 Å². The van der Waals surface area contributed by atoms with Crippen LogP contribution < -0.4 is 10.6 Å². The molecule has 32 heavy (non-hydrogen) atoms. The van der Waals surface area contributed by atoms with E-state index in [1.165, 1.54) is 5.56 Å². The van der Waals surface area contributed by atoms with Gasteiger partial charge in [-0.15, -0.1) is 0 Å². The normalized spacial score (nSPS) is 30.7. The lowest BCUT2D eigenvalue weighted by Crippen LogP contribution is -2.69. The maximum atomic E-state index is 13.0. The van der Waals surface area contributed by atoms with E-state index in [9.17, 15) is 9.59 Å². The number of piperidine rings is 2. The summed E-state index contributed by atoms with van der Waals surface area (Å²) in [6.07, 6.45) is 9.75. The van der Waals surface area contributed by atoms with Gasteiger partial charge < -0.3 is 20.3 Å². The minimum Gasteiger partial charge on any atom is -0.376 e. The predicted molar refractivity (Wildman–Crippen MR) is 126 cm³/mol. The summed E-state index contributed by atoms with van der Waals surface area (Å²) in [5.41, 5.74) is 1.08. The number of nitrogens with one attached hydrogen (secondary N) is 2. The molecule has 3 amide bonds. The second kappa shape index (κ2) is 10.7. The molecular weight excluding hydrogens is 402 g/mol. The van der Waals surface area contributed by atoms with Crippen molar-refractivity contribution in [3.63, 3.8) is 0 Å². The molecular formula is C26H39N3O3. The molecule has 1 aromatic carbocycles. The van der Waals surface area contributed by atoms with Gasteiger partial charge in [0.05, 0.1) is 24.3 Å². The average Bonchev–Trinajstić information content (AvgIpc) is 2.82. The van der Waals surface area contributed by atoms with Crippen LogP contribution in [0.2, 0.25) is 0 Å². The van der Waals surface area contributed by atoms with Gasteiger partial charge in [0.1, 0.15) is 0 Å². The molecule has 1 aromatic rings. The van der Waals surface area contributed by atoms with Crippen LogP contribution in [0.4, 0.5) is 4.79 Å². The maximum absolute atomic E-state index is 13.0. The first-order valence-electron chi connectivity index (χ1n) is 12.6. The summed E-state index contributed by atoms with van der Waals surface area (Å²) in [4.78, 5) is 27.3. The van der Waals surface area contributed by atoms with Crippen molar-refractivity contribution in [1.82, 2.24) is 15.5 Å². The molecule has 2 heterocycles. The largest absolute Gasteiger partial charge is 0.376 e. The lowest BCUT2D eigenvalue weighted by Gasteiger charge is -2.52. The summed E-state index contributed by atoms with van der Waals surface area (Å²) in [6, 6.07) is 10.7. The molecule has 2 atom stereocenters. The SMILES string of the molecule is CCCNC(=O)N1CCC[C@]2(CCCC(=O)N2)[C@H]1COC1CCC(c2ccccc2)CC1. The Bertz CT molecular complexity index is 759. The molecule has 0 bridgehead atoms. The number of hydrogen-bond donors (Lipinski definition) is 2. The third kappa shape index (κ3) is 5.28. The topological polar surface area (TPSA) is 70.7 Å². The molecule has 3 fully saturated rings. The van der Waals surface area contributed by atoms with E-state index in [4.69, 9.17) is 4.74 Å². The van der Waals surface area contributed by atoms with E-state index < -0.39 is 0 Å². The number of nitrogens with zero attached hydrogens (tertiary/aromatic N) is 1. The van der Waals surface area contributed by atoms with Crippen LogP contribution in [0.5, 0.6) is 0 Å². The fraction of sp³-hybridized carbons (Fsp3) is 0.692. The van der Waals surface area contributed by atoms with Gasteiger partial charge in [0.25, 0.3) is 0 Å². The highest BCUT2D eigenvalue weighted by molar-refractivity contribution is 5.79. The predicted octanol–water partition coefficient (Wildman–Crippen LogP) is 4.35. The Morgan fingerprint density at radius 1 is 1.16 bits per heavy atom. The number of urea groups is 1. The highest BCUT2D eigenvalue weighted by atomic mass is 16.5. The van der Waals surface area contributed by atoms with E-state index >= 15 is 0 Å². The molecule has 2 saturated heterocycles. The first kappa shape index (κ1) is 23.1. The number of amides is 3. The van der Waals surface area contributed by atoms with E-state index in [1.807, 2.05) is 4.90 Å². The van der Waals surface area contributed by atoms with Gasteiger partial charge in [0.2, 0.25) is 5.91 Å². The van der Waals surface area contributed by atoms with Gasteiger partial charge in [-0.05, 0) is 69.3 Å². The van der Waals surface area contributed by atoms with E-state index in [1.54, 1.807) is 0 Å². The minimum absolute atomic E-state index is 0.0212. The number of carbonyl (C=O) groups is 2. The highest BCUT2D eigenvalue weighted by Gasteiger charge is 2.48. The average molecular weight is 442 g/mol. The number of carbonyl (C=O) groups excluding carboxylic acids is 2. The van der Waals surface area contributed by atoms with Gasteiger partial charge in [-0.1, -0.05) is 37.3 Å². The van der Waals surface area contributed by atoms with Gasteiger partial charge in [-0.3, -0.25) is 4.79 Å². The van der Waals surface area contributed by atoms with Gasteiger partial charge in [0, 0.05) is 19.5 Å². The van der Waals surface area contributed by atoms with Crippen molar-refractivity contribution in [3.05, 3.63) is 35.9 Å². The van der Waals surface area contributed by atoms with Gasteiger partial charge in [-0.25, -0.2) is 4.79 Å². The summed E-state index contributed by atoms with van der Waals surface area (Å²) in [7, 11) is 0. The van der Waals surface area contributed by atoms with Crippen molar-refractivity contribution in [3.8, 4) is 0 Å². The van der Waals surface area contributed by atoms with Crippen LogP contribution in [-0.2, 0) is 9.53 Å². The Hall–Kier alpha value is -2.08. The van der Waals surface area contributed by atoms with Crippen LogP contribution in [0, 0.1) is 0 Å². The molecule has 0 unspecified atom stereocenters. The molecule has 1 aliphatic carbocycles. The zero-order chi connectivity index (χ0) is 22.4. The zero-order valence-electron chi connectivity index (χ0n) is 19.5. The Labute approximate surface area is 192 Å². The Morgan fingerprint density at radius 3 is 2.62 bits per heavy atom. The Balaban J connectivity index is 1.40. The molecule has 0 radical (unpaired) electrons. The standard InChI is InChI=1S/C26H39N3O3/c1-2-17-27-25(31)29-18-7-16-26(15-6-10-24(30)28-26)23(29)19-32-22-13-11-21(12-14-22)20-8-4-3-5-9-20/h3-5,8-9,21-23H,2,6-7,10-19H2,1H3,(H,27,31)(H,28,30)/t21?,22?,23-,26-/m1/s1. The molecule has 6 heteroatoms. The number of likely N-dealkylation sites (tertiary alicyclic amines) is 1. The second-order valence-corrected chi connectivity index (χ2v) is 9.82. The molecule has 1 saturated carbocycles. The second-order valence-electron chi connectivity index (χ2n) is 9.82. The van der Waals surface area contributed by atoms with Crippen LogP contribution in [0.25, 0.3) is 0 Å². The van der Waals surface area contributed by atoms with Crippen LogP contribution in [-0.4, -0.2) is 54.2 Å². The van der Waals surface area contributed by atoms with Crippen LogP contribution in [0.3, 0.4) is 0 Å². The van der Waals surface area contributed by atoms with E-state index in [2.05, 4.69) is 47.9 Å².